The molecule has 1 aromatic carbocycles. The van der Waals surface area contributed by atoms with Gasteiger partial charge in [-0.2, -0.15) is 13.2 Å². The van der Waals surface area contributed by atoms with Crippen molar-refractivity contribution in [2.45, 2.75) is 31.2 Å². The first kappa shape index (κ1) is 17.4. The maximum Gasteiger partial charge on any atom is 0.405 e. The van der Waals surface area contributed by atoms with Gasteiger partial charge in [-0.25, -0.2) is 4.79 Å². The van der Waals surface area contributed by atoms with Crippen molar-refractivity contribution < 1.29 is 27.8 Å². The van der Waals surface area contributed by atoms with Gasteiger partial charge in [0.2, 0.25) is 0 Å². The van der Waals surface area contributed by atoms with Crippen LogP contribution in [0.2, 0.25) is 0 Å². The first-order chi connectivity index (χ1) is 10.8. The molecule has 8 heteroatoms. The summed E-state index contributed by atoms with van der Waals surface area (Å²) in [6.07, 6.45) is -4.25. The summed E-state index contributed by atoms with van der Waals surface area (Å²) >= 11 is 0. The zero-order chi connectivity index (χ0) is 17.0. The molecule has 2 rings (SSSR count). The van der Waals surface area contributed by atoms with Crippen LogP contribution >= 0.6 is 0 Å². The number of halogens is 3. The van der Waals surface area contributed by atoms with Crippen molar-refractivity contribution in [2.75, 3.05) is 20.2 Å². The molecule has 128 valence electrons. The van der Waals surface area contributed by atoms with Crippen molar-refractivity contribution in [1.29, 1.82) is 0 Å². The van der Waals surface area contributed by atoms with E-state index in [1.165, 1.54) is 12.0 Å². The summed E-state index contributed by atoms with van der Waals surface area (Å²) in [6.45, 7) is -1.06. The summed E-state index contributed by atoms with van der Waals surface area (Å²) in [5, 5.41) is 12.3. The Kier molecular flexibility index (Phi) is 5.35. The fourth-order valence-corrected chi connectivity index (χ4v) is 2.67. The van der Waals surface area contributed by atoms with Crippen LogP contribution in [0.15, 0.2) is 24.3 Å². The molecule has 1 aliphatic rings. The molecule has 5 nitrogen and oxygen atoms in total. The molecule has 1 fully saturated rings. The van der Waals surface area contributed by atoms with Crippen LogP contribution in [0.5, 0.6) is 5.75 Å². The summed E-state index contributed by atoms with van der Waals surface area (Å²) in [6, 6.07) is 5.36. The molecule has 0 aliphatic carbocycles. The smallest absolute Gasteiger partial charge is 0.405 e. The van der Waals surface area contributed by atoms with E-state index in [9.17, 15) is 23.1 Å². The Labute approximate surface area is 132 Å². The number of alkyl halides is 3. The highest BCUT2D eigenvalue weighted by Gasteiger charge is 2.36. The van der Waals surface area contributed by atoms with E-state index in [4.69, 9.17) is 4.74 Å². The maximum atomic E-state index is 12.2. The lowest BCUT2D eigenvalue weighted by Gasteiger charge is -2.29. The van der Waals surface area contributed by atoms with E-state index in [1.807, 2.05) is 5.32 Å². The molecule has 0 aromatic heterocycles. The lowest BCUT2D eigenvalue weighted by atomic mass is 10.0. The zero-order valence-corrected chi connectivity index (χ0v) is 12.6. The molecule has 1 aromatic rings. The molecule has 0 unspecified atom stereocenters. The number of hydrogen-bond donors (Lipinski definition) is 2. The average Bonchev–Trinajstić information content (AvgIpc) is 3.01. The Morgan fingerprint density at radius 1 is 1.43 bits per heavy atom. The summed E-state index contributed by atoms with van der Waals surface area (Å²) in [4.78, 5) is 13.2. The standard InChI is InChI=1S/C15H19F3N2O3/c1-23-11-6-4-10(5-7-11)13(21)12-3-2-8-20(12)14(22)19-9-15(16,17)18/h4-7,12-13,21H,2-3,8-9H2,1H3,(H,19,22)/t12-,13-/m0/s1. The number of nitrogens with zero attached hydrogens (tertiary/aromatic N) is 1. The number of aliphatic hydroxyl groups excluding tert-OH is 1. The van der Waals surface area contributed by atoms with E-state index >= 15 is 0 Å². The van der Waals surface area contributed by atoms with Crippen molar-refractivity contribution >= 4 is 6.03 Å². The number of amides is 2. The van der Waals surface area contributed by atoms with Crippen molar-refractivity contribution in [3.8, 4) is 5.75 Å². The van der Waals surface area contributed by atoms with Gasteiger partial charge in [0.05, 0.1) is 19.3 Å². The molecule has 0 saturated carbocycles. The van der Waals surface area contributed by atoms with Crippen molar-refractivity contribution in [2.24, 2.45) is 0 Å². The van der Waals surface area contributed by atoms with Crippen LogP contribution in [0.25, 0.3) is 0 Å². The van der Waals surface area contributed by atoms with E-state index in [0.717, 1.165) is 0 Å². The van der Waals surface area contributed by atoms with Crippen molar-refractivity contribution in [1.82, 2.24) is 10.2 Å². The molecule has 2 atom stereocenters. The van der Waals surface area contributed by atoms with Gasteiger partial charge in [0, 0.05) is 6.54 Å². The number of ether oxygens (including phenoxy) is 1. The number of likely N-dealkylation sites (tertiary alicyclic amines) is 1. The Bertz CT molecular complexity index is 534. The molecule has 23 heavy (non-hydrogen) atoms. The van der Waals surface area contributed by atoms with E-state index in [-0.39, 0.29) is 0 Å². The van der Waals surface area contributed by atoms with Crippen LogP contribution in [0.3, 0.4) is 0 Å². The van der Waals surface area contributed by atoms with Crippen LogP contribution in [-0.4, -0.2) is 48.5 Å². The van der Waals surface area contributed by atoms with Crippen LogP contribution in [0.1, 0.15) is 24.5 Å². The molecule has 1 aliphatic heterocycles. The summed E-state index contributed by atoms with van der Waals surface area (Å²) < 4.78 is 41.6. The van der Waals surface area contributed by atoms with Crippen molar-refractivity contribution in [3.05, 3.63) is 29.8 Å². The average molecular weight is 332 g/mol. The van der Waals surface area contributed by atoms with Gasteiger partial charge < -0.3 is 20.1 Å². The number of carbonyl (C=O) groups is 1. The molecule has 0 bridgehead atoms. The van der Waals surface area contributed by atoms with E-state index in [0.29, 0.717) is 30.7 Å². The Hall–Kier alpha value is -1.96. The van der Waals surface area contributed by atoms with Gasteiger partial charge in [0.25, 0.3) is 0 Å². The second kappa shape index (κ2) is 7.08. The highest BCUT2D eigenvalue weighted by atomic mass is 19.4. The number of hydrogen-bond acceptors (Lipinski definition) is 3. The van der Waals surface area contributed by atoms with Gasteiger partial charge >= 0.3 is 12.2 Å². The number of rotatable bonds is 4. The third-order valence-electron chi connectivity index (χ3n) is 3.82. The number of nitrogens with one attached hydrogen (secondary N) is 1. The summed E-state index contributed by atoms with van der Waals surface area (Å²) in [7, 11) is 1.52. The highest BCUT2D eigenvalue weighted by Crippen LogP contribution is 2.30. The Balaban J connectivity index is 2.03. The summed E-state index contributed by atoms with van der Waals surface area (Å²) in [5.41, 5.74) is 0.589. The Morgan fingerprint density at radius 2 is 2.09 bits per heavy atom. The molecule has 0 radical (unpaired) electrons. The number of aliphatic hydroxyl groups is 1. The lowest BCUT2D eigenvalue weighted by molar-refractivity contribution is -0.123. The largest absolute Gasteiger partial charge is 0.497 e. The minimum absolute atomic E-state index is 0.321. The first-order valence-corrected chi connectivity index (χ1v) is 7.25. The molecular weight excluding hydrogens is 313 g/mol. The zero-order valence-electron chi connectivity index (χ0n) is 12.6. The molecule has 2 N–H and O–H groups in total. The minimum Gasteiger partial charge on any atom is -0.497 e. The van der Waals surface area contributed by atoms with E-state index in [2.05, 4.69) is 0 Å². The fraction of sp³-hybridized carbons (Fsp3) is 0.533. The highest BCUT2D eigenvalue weighted by molar-refractivity contribution is 5.75. The lowest BCUT2D eigenvalue weighted by Crippen LogP contribution is -2.47. The molecule has 2 amide bonds. The fourth-order valence-electron chi connectivity index (χ4n) is 2.67. The van der Waals surface area contributed by atoms with Gasteiger partial charge in [0.15, 0.2) is 0 Å². The predicted octanol–water partition coefficient (Wildman–Crippen LogP) is 2.46. The minimum atomic E-state index is -4.46. The van der Waals surface area contributed by atoms with Gasteiger partial charge in [0.1, 0.15) is 12.3 Å². The summed E-state index contributed by atoms with van der Waals surface area (Å²) in [5.74, 6) is 0.632. The molecular formula is C15H19F3N2O3. The monoisotopic (exact) mass is 332 g/mol. The Morgan fingerprint density at radius 3 is 2.65 bits per heavy atom. The molecule has 0 spiro atoms. The quantitative estimate of drug-likeness (QED) is 0.890. The third kappa shape index (κ3) is 4.51. The van der Waals surface area contributed by atoms with Crippen LogP contribution in [-0.2, 0) is 0 Å². The molecule has 1 saturated heterocycles. The van der Waals surface area contributed by atoms with Gasteiger partial charge in [-0.3, -0.25) is 0 Å². The van der Waals surface area contributed by atoms with E-state index in [1.54, 1.807) is 24.3 Å². The van der Waals surface area contributed by atoms with Crippen LogP contribution in [0.4, 0.5) is 18.0 Å². The molecule has 1 heterocycles. The predicted molar refractivity (Wildman–Crippen MR) is 77.1 cm³/mol. The second-order valence-electron chi connectivity index (χ2n) is 5.39. The van der Waals surface area contributed by atoms with Gasteiger partial charge in [-0.15, -0.1) is 0 Å². The third-order valence-corrected chi connectivity index (χ3v) is 3.82. The van der Waals surface area contributed by atoms with Gasteiger partial charge in [-0.05, 0) is 30.5 Å². The van der Waals surface area contributed by atoms with E-state index < -0.39 is 30.9 Å². The first-order valence-electron chi connectivity index (χ1n) is 7.25. The second-order valence-corrected chi connectivity index (χ2v) is 5.39. The number of carbonyl (C=O) groups excluding carboxylic acids is 1. The maximum absolute atomic E-state index is 12.2. The topological polar surface area (TPSA) is 61.8 Å². The van der Waals surface area contributed by atoms with Gasteiger partial charge in [-0.1, -0.05) is 12.1 Å². The number of benzene rings is 1. The normalized spacial score (nSPS) is 19.5. The van der Waals surface area contributed by atoms with Crippen LogP contribution < -0.4 is 10.1 Å². The van der Waals surface area contributed by atoms with Crippen LogP contribution in [0, 0.1) is 0 Å². The SMILES string of the molecule is COc1ccc([C@H](O)[C@@H]2CCCN2C(=O)NCC(F)(F)F)cc1. The van der Waals surface area contributed by atoms with Crippen molar-refractivity contribution in [3.63, 3.8) is 0 Å². The number of methoxy groups -OCH3 is 1. The number of urea groups is 1.